The van der Waals surface area contributed by atoms with Crippen LogP contribution in [0, 0.1) is 0 Å². The van der Waals surface area contributed by atoms with Gasteiger partial charge in [0.25, 0.3) is 17.4 Å². The van der Waals surface area contributed by atoms with Crippen molar-refractivity contribution < 1.29 is 19.1 Å². The van der Waals surface area contributed by atoms with E-state index in [1.165, 1.54) is 12.1 Å². The Bertz CT molecular complexity index is 1100. The third-order valence-electron chi connectivity index (χ3n) is 4.09. The van der Waals surface area contributed by atoms with E-state index in [4.69, 9.17) is 4.74 Å². The van der Waals surface area contributed by atoms with Gasteiger partial charge in [0, 0.05) is 5.39 Å². The van der Waals surface area contributed by atoms with Gasteiger partial charge in [0.05, 0.1) is 16.5 Å². The molecule has 2 heterocycles. The Labute approximate surface area is 146 Å². The number of hydrogen-bond acceptors (Lipinski definition) is 6. The average molecular weight is 349 g/mol. The predicted octanol–water partition coefficient (Wildman–Crippen LogP) is 1.33. The van der Waals surface area contributed by atoms with Crippen molar-refractivity contribution in [3.8, 4) is 0 Å². The van der Waals surface area contributed by atoms with Gasteiger partial charge in [0.1, 0.15) is 0 Å². The first-order valence-electron chi connectivity index (χ1n) is 7.67. The van der Waals surface area contributed by atoms with Gasteiger partial charge >= 0.3 is 5.97 Å². The van der Waals surface area contributed by atoms with Crippen LogP contribution in [0.5, 0.6) is 0 Å². The molecule has 0 unspecified atom stereocenters. The second kappa shape index (κ2) is 5.92. The minimum atomic E-state index is -0.853. The van der Waals surface area contributed by atoms with Crippen LogP contribution >= 0.6 is 0 Å². The molecule has 26 heavy (non-hydrogen) atoms. The van der Waals surface area contributed by atoms with Crippen LogP contribution in [0.25, 0.3) is 10.8 Å². The van der Waals surface area contributed by atoms with Gasteiger partial charge in [-0.1, -0.05) is 30.3 Å². The highest BCUT2D eigenvalue weighted by atomic mass is 16.5. The lowest BCUT2D eigenvalue weighted by Crippen LogP contribution is -2.33. The number of carbonyl (C=O) groups is 3. The molecule has 8 heteroatoms. The summed E-state index contributed by atoms with van der Waals surface area (Å²) in [6.07, 6.45) is 0. The molecular formula is C18H11N3O5. The van der Waals surface area contributed by atoms with Crippen LogP contribution in [0.1, 0.15) is 31.2 Å². The lowest BCUT2D eigenvalue weighted by atomic mass is 10.1. The maximum absolute atomic E-state index is 12.4. The molecule has 0 saturated carbocycles. The Hall–Kier alpha value is -3.81. The fourth-order valence-electron chi connectivity index (χ4n) is 2.82. The summed E-state index contributed by atoms with van der Waals surface area (Å²) in [6.45, 7) is -0.541. The number of esters is 1. The van der Waals surface area contributed by atoms with Gasteiger partial charge < -0.3 is 4.74 Å². The number of carbonyl (C=O) groups excluding carboxylic acids is 3. The van der Waals surface area contributed by atoms with Crippen LogP contribution in [0.2, 0.25) is 0 Å². The van der Waals surface area contributed by atoms with E-state index >= 15 is 0 Å². The van der Waals surface area contributed by atoms with Gasteiger partial charge in [-0.3, -0.25) is 14.4 Å². The zero-order chi connectivity index (χ0) is 18.3. The SMILES string of the molecule is O=C(OCN1C(=O)c2ccccc2C1=O)c1n[nH]c(=O)c2ccccc12. The monoisotopic (exact) mass is 349 g/mol. The fraction of sp³-hybridized carbons (Fsp3) is 0.0556. The first-order chi connectivity index (χ1) is 12.6. The Balaban J connectivity index is 1.58. The molecule has 0 saturated heterocycles. The zero-order valence-corrected chi connectivity index (χ0v) is 13.3. The third kappa shape index (κ3) is 2.35. The van der Waals surface area contributed by atoms with Gasteiger partial charge in [-0.25, -0.2) is 14.8 Å². The van der Waals surface area contributed by atoms with Crippen molar-refractivity contribution in [1.82, 2.24) is 15.1 Å². The number of hydrogen-bond donors (Lipinski definition) is 1. The summed E-state index contributed by atoms with van der Waals surface area (Å²) in [5, 5.41) is 6.57. The van der Waals surface area contributed by atoms with E-state index in [2.05, 4.69) is 10.2 Å². The summed E-state index contributed by atoms with van der Waals surface area (Å²) in [6, 6.07) is 12.8. The van der Waals surface area contributed by atoms with Crippen LogP contribution in [0.15, 0.2) is 53.3 Å². The highest BCUT2D eigenvalue weighted by molar-refractivity contribution is 6.21. The van der Waals surface area contributed by atoms with Crippen molar-refractivity contribution in [1.29, 1.82) is 0 Å². The number of imide groups is 1. The van der Waals surface area contributed by atoms with Crippen molar-refractivity contribution in [3.63, 3.8) is 0 Å². The van der Waals surface area contributed by atoms with Gasteiger partial charge in [0.15, 0.2) is 12.4 Å². The normalized spacial score (nSPS) is 13.2. The predicted molar refractivity (Wildman–Crippen MR) is 89.6 cm³/mol. The van der Waals surface area contributed by atoms with Crippen LogP contribution in [0.3, 0.4) is 0 Å². The number of rotatable bonds is 3. The molecule has 0 spiro atoms. The number of nitrogens with zero attached hydrogens (tertiary/aromatic N) is 2. The number of H-pyrrole nitrogens is 1. The second-order valence-electron chi connectivity index (χ2n) is 5.59. The number of nitrogens with one attached hydrogen (secondary N) is 1. The van der Waals surface area contributed by atoms with E-state index in [1.54, 1.807) is 36.4 Å². The molecule has 0 aliphatic carbocycles. The largest absolute Gasteiger partial charge is 0.439 e. The lowest BCUT2D eigenvalue weighted by Gasteiger charge is -2.14. The van der Waals surface area contributed by atoms with Crippen molar-refractivity contribution in [2.45, 2.75) is 0 Å². The molecule has 1 N–H and O–H groups in total. The molecule has 2 aromatic carbocycles. The second-order valence-corrected chi connectivity index (χ2v) is 5.59. The van der Waals surface area contributed by atoms with E-state index in [0.29, 0.717) is 5.39 Å². The summed E-state index contributed by atoms with van der Waals surface area (Å²) < 4.78 is 5.09. The quantitative estimate of drug-likeness (QED) is 0.564. The fourth-order valence-corrected chi connectivity index (χ4v) is 2.82. The molecule has 4 rings (SSSR count). The number of amides is 2. The Morgan fingerprint density at radius 1 is 0.923 bits per heavy atom. The summed E-state index contributed by atoms with van der Waals surface area (Å²) in [4.78, 5) is 49.5. The van der Waals surface area contributed by atoms with Gasteiger partial charge in [-0.05, 0) is 18.2 Å². The smallest absolute Gasteiger partial charge is 0.361 e. The minimum Gasteiger partial charge on any atom is -0.439 e. The van der Waals surface area contributed by atoms with E-state index in [9.17, 15) is 19.2 Å². The number of ether oxygens (including phenoxy) is 1. The Morgan fingerprint density at radius 2 is 1.50 bits per heavy atom. The zero-order valence-electron chi connectivity index (χ0n) is 13.3. The number of fused-ring (bicyclic) bond motifs is 2. The summed E-state index contributed by atoms with van der Waals surface area (Å²) in [7, 11) is 0. The molecule has 1 aliphatic rings. The lowest BCUT2D eigenvalue weighted by molar-refractivity contribution is 0.0224. The van der Waals surface area contributed by atoms with E-state index < -0.39 is 30.1 Å². The van der Waals surface area contributed by atoms with Crippen LogP contribution in [-0.4, -0.2) is 39.6 Å². The molecule has 0 bridgehead atoms. The Morgan fingerprint density at radius 3 is 2.15 bits per heavy atom. The molecule has 2 amide bonds. The molecule has 3 aromatic rings. The minimum absolute atomic E-state index is 0.100. The molecular weight excluding hydrogens is 338 g/mol. The molecule has 128 valence electrons. The van der Waals surface area contributed by atoms with Crippen molar-refractivity contribution in [2.24, 2.45) is 0 Å². The van der Waals surface area contributed by atoms with Crippen molar-refractivity contribution in [3.05, 3.63) is 75.7 Å². The molecule has 8 nitrogen and oxygen atoms in total. The molecule has 0 atom stereocenters. The van der Waals surface area contributed by atoms with Crippen molar-refractivity contribution >= 4 is 28.6 Å². The van der Waals surface area contributed by atoms with E-state index in [-0.39, 0.29) is 22.2 Å². The number of aromatic amines is 1. The van der Waals surface area contributed by atoms with Gasteiger partial charge in [-0.15, -0.1) is 0 Å². The van der Waals surface area contributed by atoms with Crippen molar-refractivity contribution in [2.75, 3.05) is 6.73 Å². The highest BCUT2D eigenvalue weighted by Gasteiger charge is 2.36. The summed E-state index contributed by atoms with van der Waals surface area (Å²) >= 11 is 0. The molecule has 0 radical (unpaired) electrons. The highest BCUT2D eigenvalue weighted by Crippen LogP contribution is 2.22. The average Bonchev–Trinajstić information content (AvgIpc) is 2.91. The molecule has 0 fully saturated rings. The topological polar surface area (TPSA) is 109 Å². The summed E-state index contributed by atoms with van der Waals surface area (Å²) in [5.74, 6) is -1.91. The standard InChI is InChI=1S/C18H11N3O5/c22-15-11-6-2-1-5-10(11)14(19-20-15)18(25)26-9-21-16(23)12-7-3-4-8-13(12)17(21)24/h1-8H,9H2,(H,20,22). The third-order valence-corrected chi connectivity index (χ3v) is 4.09. The van der Waals surface area contributed by atoms with Crippen LogP contribution in [-0.2, 0) is 4.74 Å². The van der Waals surface area contributed by atoms with Crippen LogP contribution in [0.4, 0.5) is 0 Å². The maximum atomic E-state index is 12.4. The summed E-state index contributed by atoms with van der Waals surface area (Å²) in [5.41, 5.74) is -0.00311. The first-order valence-corrected chi connectivity index (χ1v) is 7.67. The van der Waals surface area contributed by atoms with Gasteiger partial charge in [0.2, 0.25) is 0 Å². The number of aromatic nitrogens is 2. The molecule has 1 aliphatic heterocycles. The van der Waals surface area contributed by atoms with Gasteiger partial charge in [-0.2, -0.15) is 5.10 Å². The first kappa shape index (κ1) is 15.7. The Kier molecular flexibility index (Phi) is 3.58. The molecule has 1 aromatic heterocycles. The van der Waals surface area contributed by atoms with E-state index in [1.807, 2.05) is 0 Å². The number of benzene rings is 2. The van der Waals surface area contributed by atoms with Crippen LogP contribution < -0.4 is 5.56 Å². The maximum Gasteiger partial charge on any atom is 0.361 e. The van der Waals surface area contributed by atoms with E-state index in [0.717, 1.165) is 4.90 Å².